The van der Waals surface area contributed by atoms with Crippen LogP contribution in [0.1, 0.15) is 10.4 Å². The molecule has 1 aromatic carbocycles. The highest BCUT2D eigenvalue weighted by Crippen LogP contribution is 2.13. The summed E-state index contributed by atoms with van der Waals surface area (Å²) in [4.78, 5) is 11.5. The molecule has 0 unspecified atom stereocenters. The molecule has 0 saturated heterocycles. The molecular formula is C10H15N3O2. The van der Waals surface area contributed by atoms with Gasteiger partial charge in [-0.2, -0.15) is 0 Å². The fourth-order valence-electron chi connectivity index (χ4n) is 1.18. The lowest BCUT2D eigenvalue weighted by atomic mass is 10.1. The minimum Gasteiger partial charge on any atom is -0.399 e. The van der Waals surface area contributed by atoms with Gasteiger partial charge in [-0.1, -0.05) is 0 Å². The Balaban J connectivity index is 2.65. The van der Waals surface area contributed by atoms with E-state index >= 15 is 0 Å². The molecule has 0 spiro atoms. The number of nitrogen functional groups attached to an aromatic ring is 2. The Hall–Kier alpha value is -1.75. The zero-order chi connectivity index (χ0) is 11.3. The highest BCUT2D eigenvalue weighted by molar-refractivity contribution is 5.96. The van der Waals surface area contributed by atoms with E-state index in [1.807, 2.05) is 0 Å². The Bertz CT molecular complexity index is 332. The van der Waals surface area contributed by atoms with Gasteiger partial charge in [0, 0.05) is 30.6 Å². The molecule has 5 heteroatoms. The van der Waals surface area contributed by atoms with E-state index < -0.39 is 0 Å². The van der Waals surface area contributed by atoms with Crippen molar-refractivity contribution >= 4 is 17.3 Å². The first-order chi connectivity index (χ1) is 7.13. The van der Waals surface area contributed by atoms with Crippen LogP contribution in [-0.2, 0) is 4.74 Å². The SMILES string of the molecule is COCCNC(=O)c1cc(N)cc(N)c1. The Labute approximate surface area is 88.4 Å². The van der Waals surface area contributed by atoms with E-state index in [4.69, 9.17) is 16.2 Å². The maximum Gasteiger partial charge on any atom is 0.251 e. The highest BCUT2D eigenvalue weighted by atomic mass is 16.5. The second kappa shape index (κ2) is 5.21. The van der Waals surface area contributed by atoms with Crippen LogP contribution in [0.25, 0.3) is 0 Å². The summed E-state index contributed by atoms with van der Waals surface area (Å²) in [5, 5.41) is 2.68. The van der Waals surface area contributed by atoms with Crippen LogP contribution in [-0.4, -0.2) is 26.2 Å². The fourth-order valence-corrected chi connectivity index (χ4v) is 1.18. The molecule has 0 bridgehead atoms. The van der Waals surface area contributed by atoms with Crippen LogP contribution in [0.3, 0.4) is 0 Å². The van der Waals surface area contributed by atoms with Gasteiger partial charge in [0.1, 0.15) is 0 Å². The molecule has 15 heavy (non-hydrogen) atoms. The van der Waals surface area contributed by atoms with Crippen molar-refractivity contribution in [3.05, 3.63) is 23.8 Å². The minimum atomic E-state index is -0.203. The predicted molar refractivity (Wildman–Crippen MR) is 59.5 cm³/mol. The number of hydrogen-bond donors (Lipinski definition) is 3. The number of nitrogens with two attached hydrogens (primary N) is 2. The number of carbonyl (C=O) groups is 1. The number of amides is 1. The Morgan fingerprint density at radius 2 is 1.93 bits per heavy atom. The summed E-state index contributed by atoms with van der Waals surface area (Å²) in [6.45, 7) is 0.938. The van der Waals surface area contributed by atoms with Crippen molar-refractivity contribution in [2.75, 3.05) is 31.7 Å². The predicted octanol–water partition coefficient (Wildman–Crippen LogP) is 0.227. The summed E-state index contributed by atoms with van der Waals surface area (Å²) in [6.07, 6.45) is 0. The maximum absolute atomic E-state index is 11.5. The zero-order valence-corrected chi connectivity index (χ0v) is 8.62. The molecule has 0 aliphatic heterocycles. The number of methoxy groups -OCH3 is 1. The molecule has 1 aromatic rings. The molecule has 0 fully saturated rings. The van der Waals surface area contributed by atoms with Crippen molar-refractivity contribution in [1.29, 1.82) is 0 Å². The number of rotatable bonds is 4. The summed E-state index contributed by atoms with van der Waals surface area (Å²) in [6, 6.07) is 4.77. The lowest BCUT2D eigenvalue weighted by Gasteiger charge is -2.06. The molecule has 82 valence electrons. The fraction of sp³-hybridized carbons (Fsp3) is 0.300. The first-order valence-electron chi connectivity index (χ1n) is 4.56. The van der Waals surface area contributed by atoms with Crippen LogP contribution >= 0.6 is 0 Å². The monoisotopic (exact) mass is 209 g/mol. The van der Waals surface area contributed by atoms with Gasteiger partial charge in [0.2, 0.25) is 0 Å². The first-order valence-corrected chi connectivity index (χ1v) is 4.56. The van der Waals surface area contributed by atoms with Gasteiger partial charge in [0.25, 0.3) is 5.91 Å². The van der Waals surface area contributed by atoms with Crippen LogP contribution in [0.2, 0.25) is 0 Å². The van der Waals surface area contributed by atoms with Gasteiger partial charge < -0.3 is 21.5 Å². The van der Waals surface area contributed by atoms with Crippen LogP contribution in [0, 0.1) is 0 Å². The van der Waals surface area contributed by atoms with Gasteiger partial charge in [0.15, 0.2) is 0 Å². The molecule has 0 atom stereocenters. The Morgan fingerprint density at radius 1 is 1.33 bits per heavy atom. The Kier molecular flexibility index (Phi) is 3.93. The maximum atomic E-state index is 11.5. The quantitative estimate of drug-likeness (QED) is 0.489. The van der Waals surface area contributed by atoms with Gasteiger partial charge in [-0.15, -0.1) is 0 Å². The van der Waals surface area contributed by atoms with Crippen molar-refractivity contribution in [2.24, 2.45) is 0 Å². The van der Waals surface area contributed by atoms with Crippen molar-refractivity contribution in [3.63, 3.8) is 0 Å². The molecule has 0 aromatic heterocycles. The van der Waals surface area contributed by atoms with Gasteiger partial charge in [-0.3, -0.25) is 4.79 Å². The molecule has 1 amide bonds. The van der Waals surface area contributed by atoms with Gasteiger partial charge in [-0.25, -0.2) is 0 Å². The number of hydrogen-bond acceptors (Lipinski definition) is 4. The number of carbonyl (C=O) groups excluding carboxylic acids is 1. The van der Waals surface area contributed by atoms with E-state index in [9.17, 15) is 4.79 Å². The Morgan fingerprint density at radius 3 is 2.47 bits per heavy atom. The molecule has 1 rings (SSSR count). The van der Waals surface area contributed by atoms with E-state index in [0.29, 0.717) is 30.1 Å². The molecule has 0 radical (unpaired) electrons. The molecule has 0 saturated carbocycles. The summed E-state index contributed by atoms with van der Waals surface area (Å²) in [5.41, 5.74) is 12.6. The molecule has 5 N–H and O–H groups in total. The second-order valence-electron chi connectivity index (χ2n) is 3.14. The van der Waals surface area contributed by atoms with E-state index in [2.05, 4.69) is 5.32 Å². The van der Waals surface area contributed by atoms with Crippen molar-refractivity contribution in [1.82, 2.24) is 5.32 Å². The number of ether oxygens (including phenoxy) is 1. The number of nitrogens with one attached hydrogen (secondary N) is 1. The van der Waals surface area contributed by atoms with Gasteiger partial charge >= 0.3 is 0 Å². The highest BCUT2D eigenvalue weighted by Gasteiger charge is 2.05. The average molecular weight is 209 g/mol. The number of anilines is 2. The zero-order valence-electron chi connectivity index (χ0n) is 8.62. The van der Waals surface area contributed by atoms with E-state index in [-0.39, 0.29) is 5.91 Å². The summed E-state index contributed by atoms with van der Waals surface area (Å²) < 4.78 is 4.81. The third kappa shape index (κ3) is 3.47. The smallest absolute Gasteiger partial charge is 0.251 e. The van der Waals surface area contributed by atoms with Crippen molar-refractivity contribution < 1.29 is 9.53 Å². The largest absolute Gasteiger partial charge is 0.399 e. The third-order valence-electron chi connectivity index (χ3n) is 1.83. The topological polar surface area (TPSA) is 90.4 Å². The normalized spacial score (nSPS) is 9.93. The first kappa shape index (κ1) is 11.3. The summed E-state index contributed by atoms with van der Waals surface area (Å²) in [5.74, 6) is -0.203. The van der Waals surface area contributed by atoms with Crippen LogP contribution < -0.4 is 16.8 Å². The van der Waals surface area contributed by atoms with Crippen molar-refractivity contribution in [3.8, 4) is 0 Å². The van der Waals surface area contributed by atoms with E-state index in [1.165, 1.54) is 0 Å². The molecule has 0 aliphatic rings. The van der Waals surface area contributed by atoms with Gasteiger partial charge in [-0.05, 0) is 18.2 Å². The molecular weight excluding hydrogens is 194 g/mol. The lowest BCUT2D eigenvalue weighted by Crippen LogP contribution is -2.27. The minimum absolute atomic E-state index is 0.203. The lowest BCUT2D eigenvalue weighted by molar-refractivity contribution is 0.0937. The standard InChI is InChI=1S/C10H15N3O2/c1-15-3-2-13-10(14)7-4-8(11)6-9(12)5-7/h4-6H,2-3,11-12H2,1H3,(H,13,14). The molecule has 0 aliphatic carbocycles. The average Bonchev–Trinajstić information content (AvgIpc) is 2.16. The number of benzene rings is 1. The van der Waals surface area contributed by atoms with Gasteiger partial charge in [0.05, 0.1) is 6.61 Å². The summed E-state index contributed by atoms with van der Waals surface area (Å²) in [7, 11) is 1.57. The van der Waals surface area contributed by atoms with Crippen LogP contribution in [0.5, 0.6) is 0 Å². The molecule has 5 nitrogen and oxygen atoms in total. The molecule has 0 heterocycles. The van der Waals surface area contributed by atoms with Crippen LogP contribution in [0.15, 0.2) is 18.2 Å². The van der Waals surface area contributed by atoms with Crippen LogP contribution in [0.4, 0.5) is 11.4 Å². The second-order valence-corrected chi connectivity index (χ2v) is 3.14. The van der Waals surface area contributed by atoms with E-state index in [0.717, 1.165) is 0 Å². The summed E-state index contributed by atoms with van der Waals surface area (Å²) >= 11 is 0. The van der Waals surface area contributed by atoms with Crippen molar-refractivity contribution in [2.45, 2.75) is 0 Å². The van der Waals surface area contributed by atoms with E-state index in [1.54, 1.807) is 25.3 Å². The third-order valence-corrected chi connectivity index (χ3v) is 1.83.